The Kier molecular flexibility index (Phi) is 16.1. The molecule has 538 valence electrons. The Bertz CT molecular complexity index is 5630. The van der Waals surface area contributed by atoms with E-state index in [1.165, 1.54) is 22.3 Å². The van der Waals surface area contributed by atoms with Crippen molar-refractivity contribution < 1.29 is 10.2 Å². The second-order valence-corrected chi connectivity index (χ2v) is 38.0. The molecule has 0 atom stereocenters. The van der Waals surface area contributed by atoms with Crippen molar-refractivity contribution in [3.63, 3.8) is 0 Å². The SMILES string of the molecule is CC(C)(C)c1cc(-c2c3nc(c(-c4cc(C(C)(C)C)cc(C(C)(C)C)c4)c4ccc([nH]4)c(-c4cc(C(C)(C)C)cc(C(C)(C)C)c4)c4nc(c(-c5cc(C(C)(C)C)cc(C(C)(C)C)c5)c5ccc2[nH]5)-c2nc5c(O)c6nc7c8cccnc8c8ncccc8c7nc6c(O)c5nc2-4)C=C3)cc(C(C)(C)C)c1. The van der Waals surface area contributed by atoms with Gasteiger partial charge in [0.15, 0.2) is 11.5 Å². The molecule has 0 aliphatic carbocycles. The molecule has 0 amide bonds. The number of rotatable bonds is 4. The third-order valence-corrected chi connectivity index (χ3v) is 21.6. The first-order valence-corrected chi connectivity index (χ1v) is 37.4. The fraction of sp³-hybridized carbons (Fsp3) is 0.340. The predicted octanol–water partition coefficient (Wildman–Crippen LogP) is 24.4. The van der Waals surface area contributed by atoms with Gasteiger partial charge in [-0.15, -0.1) is 0 Å². The second kappa shape index (κ2) is 24.0. The molecule has 0 saturated carbocycles. The van der Waals surface area contributed by atoms with E-state index in [1.54, 1.807) is 12.4 Å². The number of nitrogens with zero attached hydrogens (tertiary/aromatic N) is 8. The normalized spacial score (nSPS) is 13.5. The Balaban J connectivity index is 1.21. The van der Waals surface area contributed by atoms with Crippen LogP contribution in [-0.2, 0) is 43.3 Å². The Hall–Kier alpha value is -10.5. The molecule has 8 bridgehead atoms. The Morgan fingerprint density at radius 1 is 0.255 bits per heavy atom. The van der Waals surface area contributed by atoms with Gasteiger partial charge in [-0.3, -0.25) is 9.97 Å². The van der Waals surface area contributed by atoms with Crippen molar-refractivity contribution in [3.8, 4) is 78.8 Å². The topological polar surface area (TPSA) is 175 Å². The summed E-state index contributed by atoms with van der Waals surface area (Å²) in [6.07, 6.45) is 7.89. The minimum Gasteiger partial charge on any atom is -0.504 e. The number of phenolic OH excluding ortho intramolecular Hbond substituents is 2. The van der Waals surface area contributed by atoms with Gasteiger partial charge in [0.2, 0.25) is 0 Å². The summed E-state index contributed by atoms with van der Waals surface area (Å²) in [6, 6.07) is 44.5. The first-order valence-electron chi connectivity index (χ1n) is 37.4. The summed E-state index contributed by atoms with van der Waals surface area (Å²) in [5.41, 5.74) is 23.9. The van der Waals surface area contributed by atoms with E-state index in [1.807, 2.05) is 24.3 Å². The van der Waals surface area contributed by atoms with Gasteiger partial charge in [0.05, 0.1) is 33.5 Å². The lowest BCUT2D eigenvalue weighted by Crippen LogP contribution is -2.16. The van der Waals surface area contributed by atoms with Crippen molar-refractivity contribution in [3.05, 3.63) is 190 Å². The lowest BCUT2D eigenvalue weighted by atomic mass is 9.78. The standard InChI is InChI=1S/C94H100N10O2/c1-87(2,3)53-37-49(38-54(45-53)88(4,5)6)69-63-29-30-64(97-63)70(50-39-55(89(7,8)9)46-56(40-50)90(10,11)12)66-32-34-68(99-66)72(52-43-59(93(19,20)21)48-60(44-52)94(22,23)24)78-80-79(77(102-78)71(67-33-31-65(69)98-67)51-41-57(91(13,14)15)47-58(42-51)92(16,17)18)103-83-84(104-80)86(106)82-81(85(83)105)100-75-61-27-25-35-95-73(61)74-62(76(75)101-82)28-26-36-96-74/h25-48,98-99,105-106H,1-24H3. The molecule has 0 radical (unpaired) electrons. The number of nitrogens with one attached hydrogen (secondary N) is 2. The Morgan fingerprint density at radius 2 is 0.509 bits per heavy atom. The van der Waals surface area contributed by atoms with Crippen molar-refractivity contribution in [1.82, 2.24) is 49.8 Å². The van der Waals surface area contributed by atoms with Gasteiger partial charge in [0.25, 0.3) is 0 Å². The molecular weight excluding hydrogens is 1300 g/mol. The van der Waals surface area contributed by atoms with Gasteiger partial charge >= 0.3 is 0 Å². The van der Waals surface area contributed by atoms with E-state index in [0.29, 0.717) is 55.6 Å². The molecule has 4 N–H and O–H groups in total. The van der Waals surface area contributed by atoms with Crippen molar-refractivity contribution in [1.29, 1.82) is 0 Å². The van der Waals surface area contributed by atoms with Gasteiger partial charge < -0.3 is 20.2 Å². The molecule has 7 aromatic heterocycles. The number of H-pyrrole nitrogens is 2. The summed E-state index contributed by atoms with van der Waals surface area (Å²) in [5, 5.41) is 28.0. The van der Waals surface area contributed by atoms with Crippen LogP contribution in [0.3, 0.4) is 0 Å². The third kappa shape index (κ3) is 12.4. The zero-order valence-corrected chi connectivity index (χ0v) is 66.3. The molecule has 15 rings (SSSR count). The first-order chi connectivity index (χ1) is 49.4. The number of phenols is 2. The van der Waals surface area contributed by atoms with E-state index in [0.717, 1.165) is 100 Å². The van der Waals surface area contributed by atoms with Crippen molar-refractivity contribution in [2.24, 2.45) is 0 Å². The van der Waals surface area contributed by atoms with E-state index in [-0.39, 0.29) is 76.9 Å². The van der Waals surface area contributed by atoms with Crippen LogP contribution in [0.2, 0.25) is 0 Å². The molecule has 0 spiro atoms. The molecule has 12 nitrogen and oxygen atoms in total. The van der Waals surface area contributed by atoms with Crippen LogP contribution in [0.4, 0.5) is 0 Å². The second-order valence-electron chi connectivity index (χ2n) is 38.0. The quantitative estimate of drug-likeness (QED) is 0.0754. The van der Waals surface area contributed by atoms with Crippen LogP contribution in [0.5, 0.6) is 11.5 Å². The largest absolute Gasteiger partial charge is 0.504 e. The molecule has 9 heterocycles. The molecule has 12 heteroatoms. The van der Waals surface area contributed by atoms with Crippen LogP contribution in [-0.4, -0.2) is 60.1 Å². The van der Waals surface area contributed by atoms with Crippen LogP contribution >= 0.6 is 0 Å². The van der Waals surface area contributed by atoms with E-state index in [9.17, 15) is 10.2 Å². The van der Waals surface area contributed by atoms with E-state index in [2.05, 4.69) is 285 Å². The van der Waals surface area contributed by atoms with Crippen molar-refractivity contribution in [2.75, 3.05) is 0 Å². The Morgan fingerprint density at radius 3 is 0.783 bits per heavy atom. The number of hydrogen-bond donors (Lipinski definition) is 4. The fourth-order valence-electron chi connectivity index (χ4n) is 14.9. The van der Waals surface area contributed by atoms with E-state index in [4.69, 9.17) is 39.9 Å². The minimum atomic E-state index is -0.295. The number of benzene rings is 6. The zero-order valence-electron chi connectivity index (χ0n) is 66.3. The molecule has 0 saturated heterocycles. The lowest BCUT2D eigenvalue weighted by Gasteiger charge is -2.26. The summed E-state index contributed by atoms with van der Waals surface area (Å²) >= 11 is 0. The highest BCUT2D eigenvalue weighted by atomic mass is 16.3. The van der Waals surface area contributed by atoms with Crippen molar-refractivity contribution >= 4 is 89.1 Å². The molecular formula is C94H100N10O2. The predicted molar refractivity (Wildman–Crippen MR) is 443 cm³/mol. The zero-order chi connectivity index (χ0) is 76.0. The number of aromatic hydroxyl groups is 2. The monoisotopic (exact) mass is 1400 g/mol. The van der Waals surface area contributed by atoms with Gasteiger partial charge in [-0.2, -0.15) is 0 Å². The van der Waals surface area contributed by atoms with Crippen LogP contribution in [0.25, 0.3) is 156 Å². The maximum absolute atomic E-state index is 13.3. The first kappa shape index (κ1) is 71.2. The fourth-order valence-corrected chi connectivity index (χ4v) is 14.9. The van der Waals surface area contributed by atoms with Crippen LogP contribution in [0.1, 0.15) is 222 Å². The molecule has 106 heavy (non-hydrogen) atoms. The highest BCUT2D eigenvalue weighted by Gasteiger charge is 2.35. The Labute approximate surface area is 623 Å². The molecule has 0 fully saturated rings. The molecule has 0 unspecified atom stereocenters. The molecule has 2 aliphatic rings. The van der Waals surface area contributed by atoms with Gasteiger partial charge in [-0.25, -0.2) is 29.9 Å². The van der Waals surface area contributed by atoms with Crippen molar-refractivity contribution in [2.45, 2.75) is 209 Å². The van der Waals surface area contributed by atoms with Crippen LogP contribution < -0.4 is 0 Å². The summed E-state index contributed by atoms with van der Waals surface area (Å²) < 4.78 is 0. The summed E-state index contributed by atoms with van der Waals surface area (Å²) in [5.74, 6) is -0.579. The lowest BCUT2D eigenvalue weighted by molar-refractivity contribution is 0.475. The maximum Gasteiger partial charge on any atom is 0.172 e. The number of hydrogen-bond acceptors (Lipinski definition) is 10. The van der Waals surface area contributed by atoms with Gasteiger partial charge in [-0.1, -0.05) is 239 Å². The average molecular weight is 1400 g/mol. The van der Waals surface area contributed by atoms with E-state index >= 15 is 0 Å². The number of aromatic amines is 2. The number of aromatic nitrogens is 10. The summed E-state index contributed by atoms with van der Waals surface area (Å²) in [6.45, 7) is 54.7. The average Bonchev–Trinajstić information content (AvgIpc) is 1.37. The maximum atomic E-state index is 13.3. The molecule has 13 aromatic rings. The third-order valence-electron chi connectivity index (χ3n) is 21.6. The van der Waals surface area contributed by atoms with Gasteiger partial charge in [0.1, 0.15) is 44.8 Å². The summed E-state index contributed by atoms with van der Waals surface area (Å²) in [4.78, 5) is 52.0. The highest BCUT2D eigenvalue weighted by molar-refractivity contribution is 6.22. The van der Waals surface area contributed by atoms with Crippen LogP contribution in [0, 0.1) is 0 Å². The highest BCUT2D eigenvalue weighted by Crippen LogP contribution is 2.52. The minimum absolute atomic E-state index is 0.0362. The van der Waals surface area contributed by atoms with Crippen LogP contribution in [0.15, 0.2) is 134 Å². The number of pyridine rings is 2. The molecule has 6 aromatic carbocycles. The molecule has 2 aliphatic heterocycles. The smallest absolute Gasteiger partial charge is 0.172 e. The summed E-state index contributed by atoms with van der Waals surface area (Å²) in [7, 11) is 0. The number of fused-ring (bicyclic) bond motifs is 19. The van der Waals surface area contributed by atoms with E-state index < -0.39 is 0 Å². The van der Waals surface area contributed by atoms with Gasteiger partial charge in [0, 0.05) is 67.5 Å². The van der Waals surface area contributed by atoms with Gasteiger partial charge in [-0.05, 0) is 171 Å².